The standard InChI is InChI=1S/C24H32N4O3S2/c1-5-27(19-12-8-17(25)9-13-19)21(23(30)32-6-2)22(24(31)33-7-3)28(16(4)29)20-14-10-18(26)11-15-20/h8-15,21-22H,5-7,25-26H2,1-4H3/t21-,22+/m0/s1. The van der Waals surface area contributed by atoms with Gasteiger partial charge in [-0.2, -0.15) is 0 Å². The van der Waals surface area contributed by atoms with Crippen molar-refractivity contribution in [3.63, 3.8) is 0 Å². The minimum Gasteiger partial charge on any atom is -0.399 e. The molecule has 0 aliphatic rings. The summed E-state index contributed by atoms with van der Waals surface area (Å²) in [5.41, 5.74) is 14.1. The summed E-state index contributed by atoms with van der Waals surface area (Å²) in [7, 11) is 0. The lowest BCUT2D eigenvalue weighted by molar-refractivity contribution is -0.122. The first-order valence-corrected chi connectivity index (χ1v) is 12.8. The second kappa shape index (κ2) is 12.6. The minimum absolute atomic E-state index is 0.173. The average Bonchev–Trinajstić information content (AvgIpc) is 2.78. The van der Waals surface area contributed by atoms with Crippen LogP contribution in [0.3, 0.4) is 0 Å². The molecular weight excluding hydrogens is 456 g/mol. The molecule has 0 saturated carbocycles. The van der Waals surface area contributed by atoms with Crippen molar-refractivity contribution in [2.24, 2.45) is 0 Å². The van der Waals surface area contributed by atoms with Crippen molar-refractivity contribution in [3.05, 3.63) is 48.5 Å². The summed E-state index contributed by atoms with van der Waals surface area (Å²) < 4.78 is 0. The molecule has 0 aliphatic carbocycles. The smallest absolute Gasteiger partial charge is 0.224 e. The molecule has 0 aromatic heterocycles. The van der Waals surface area contributed by atoms with Gasteiger partial charge in [-0.25, -0.2) is 0 Å². The van der Waals surface area contributed by atoms with E-state index >= 15 is 0 Å². The number of nitrogens with two attached hydrogens (primary N) is 2. The molecule has 2 aromatic carbocycles. The molecule has 7 nitrogen and oxygen atoms in total. The van der Waals surface area contributed by atoms with Crippen molar-refractivity contribution >= 4 is 62.4 Å². The molecule has 2 atom stereocenters. The van der Waals surface area contributed by atoms with Crippen LogP contribution in [0, 0.1) is 0 Å². The number of carbonyl (C=O) groups excluding carboxylic acids is 3. The largest absolute Gasteiger partial charge is 0.399 e. The van der Waals surface area contributed by atoms with Crippen LogP contribution in [0.15, 0.2) is 48.5 Å². The second-order valence-corrected chi connectivity index (χ2v) is 9.79. The van der Waals surface area contributed by atoms with E-state index in [-0.39, 0.29) is 16.1 Å². The minimum atomic E-state index is -1.03. The summed E-state index contributed by atoms with van der Waals surface area (Å²) in [6.45, 7) is 7.54. The van der Waals surface area contributed by atoms with Crippen molar-refractivity contribution in [1.29, 1.82) is 0 Å². The number of carbonyl (C=O) groups is 3. The number of anilines is 4. The zero-order valence-corrected chi connectivity index (χ0v) is 21.1. The van der Waals surface area contributed by atoms with Crippen LogP contribution >= 0.6 is 23.5 Å². The van der Waals surface area contributed by atoms with Gasteiger partial charge in [-0.3, -0.25) is 19.3 Å². The Hall–Kier alpha value is -2.65. The van der Waals surface area contributed by atoms with Gasteiger partial charge in [0.25, 0.3) is 0 Å². The third kappa shape index (κ3) is 6.68. The number of thioether (sulfide) groups is 2. The molecular formula is C24H32N4O3S2. The number of nitrogen functional groups attached to an aromatic ring is 2. The fraction of sp³-hybridized carbons (Fsp3) is 0.375. The SMILES string of the molecule is CCSC(=O)[C@H]([C@H](C(=O)SCC)N(C(C)=O)c1ccc(N)cc1)N(CC)c1ccc(N)cc1. The van der Waals surface area contributed by atoms with E-state index in [1.165, 1.54) is 11.8 Å². The van der Waals surface area contributed by atoms with Gasteiger partial charge in [0.15, 0.2) is 0 Å². The summed E-state index contributed by atoms with van der Waals surface area (Å²) >= 11 is 2.25. The topological polar surface area (TPSA) is 110 Å². The molecule has 1 amide bonds. The number of hydrogen-bond acceptors (Lipinski definition) is 8. The van der Waals surface area contributed by atoms with Gasteiger partial charge in [0.2, 0.25) is 16.1 Å². The lowest BCUT2D eigenvalue weighted by atomic mass is 10.0. The van der Waals surface area contributed by atoms with Gasteiger partial charge in [0.1, 0.15) is 12.1 Å². The van der Waals surface area contributed by atoms with Crippen LogP contribution < -0.4 is 21.3 Å². The van der Waals surface area contributed by atoms with E-state index in [9.17, 15) is 14.4 Å². The Bertz CT molecular complexity index is 951. The van der Waals surface area contributed by atoms with Gasteiger partial charge in [0, 0.05) is 36.2 Å². The maximum absolute atomic E-state index is 13.5. The fourth-order valence-electron chi connectivity index (χ4n) is 3.64. The number of amides is 1. The third-order valence-electron chi connectivity index (χ3n) is 5.05. The predicted molar refractivity (Wildman–Crippen MR) is 142 cm³/mol. The number of benzene rings is 2. The van der Waals surface area contributed by atoms with Crippen molar-refractivity contribution in [2.45, 2.75) is 39.8 Å². The Morgan fingerprint density at radius 1 is 0.758 bits per heavy atom. The Kier molecular flexibility index (Phi) is 10.1. The van der Waals surface area contributed by atoms with Crippen LogP contribution in [0.25, 0.3) is 0 Å². The normalized spacial score (nSPS) is 12.6. The Morgan fingerprint density at radius 2 is 1.18 bits per heavy atom. The van der Waals surface area contributed by atoms with E-state index < -0.39 is 12.1 Å². The average molecular weight is 489 g/mol. The van der Waals surface area contributed by atoms with Gasteiger partial charge < -0.3 is 16.4 Å². The first-order valence-electron chi connectivity index (χ1n) is 10.9. The molecule has 0 saturated heterocycles. The lowest BCUT2D eigenvalue weighted by Gasteiger charge is -2.40. The molecule has 0 aliphatic heterocycles. The van der Waals surface area contributed by atoms with Gasteiger partial charge in [0.05, 0.1) is 0 Å². The number of likely N-dealkylation sites (N-methyl/N-ethyl adjacent to an activating group) is 1. The highest BCUT2D eigenvalue weighted by atomic mass is 32.2. The van der Waals surface area contributed by atoms with Crippen LogP contribution in [-0.2, 0) is 14.4 Å². The monoisotopic (exact) mass is 488 g/mol. The number of rotatable bonds is 10. The summed E-state index contributed by atoms with van der Waals surface area (Å²) in [6.07, 6.45) is 0. The highest BCUT2D eigenvalue weighted by Crippen LogP contribution is 2.31. The zero-order valence-electron chi connectivity index (χ0n) is 19.5. The highest BCUT2D eigenvalue weighted by Gasteiger charge is 2.43. The van der Waals surface area contributed by atoms with Gasteiger partial charge in [-0.05, 0) is 67.0 Å². The van der Waals surface area contributed by atoms with E-state index in [0.717, 1.165) is 29.2 Å². The number of nitrogens with zero attached hydrogens (tertiary/aromatic N) is 2. The zero-order chi connectivity index (χ0) is 24.5. The summed E-state index contributed by atoms with van der Waals surface area (Å²) in [6, 6.07) is 12.0. The Balaban J connectivity index is 2.72. The van der Waals surface area contributed by atoms with Gasteiger partial charge in [-0.1, -0.05) is 37.4 Å². The quantitative estimate of drug-likeness (QED) is 0.483. The molecule has 4 N–H and O–H groups in total. The van der Waals surface area contributed by atoms with E-state index in [2.05, 4.69) is 0 Å². The third-order valence-corrected chi connectivity index (χ3v) is 6.67. The van der Waals surface area contributed by atoms with Crippen molar-refractivity contribution < 1.29 is 14.4 Å². The molecule has 0 radical (unpaired) electrons. The molecule has 9 heteroatoms. The number of hydrogen-bond donors (Lipinski definition) is 2. The van der Waals surface area contributed by atoms with Crippen LogP contribution in [-0.4, -0.2) is 46.3 Å². The first kappa shape index (κ1) is 26.6. The molecule has 0 fully saturated rings. The van der Waals surface area contributed by atoms with Crippen molar-refractivity contribution in [2.75, 3.05) is 39.3 Å². The van der Waals surface area contributed by atoms with E-state index in [4.69, 9.17) is 11.5 Å². The van der Waals surface area contributed by atoms with Crippen molar-refractivity contribution in [1.82, 2.24) is 0 Å². The molecule has 0 heterocycles. The molecule has 33 heavy (non-hydrogen) atoms. The van der Waals surface area contributed by atoms with Gasteiger partial charge >= 0.3 is 0 Å². The van der Waals surface area contributed by atoms with Crippen LogP contribution in [0.2, 0.25) is 0 Å². The maximum Gasteiger partial charge on any atom is 0.224 e. The molecule has 0 spiro atoms. The molecule has 178 valence electrons. The van der Waals surface area contributed by atoms with E-state index in [1.54, 1.807) is 36.4 Å². The molecule has 0 unspecified atom stereocenters. The van der Waals surface area contributed by atoms with E-state index in [1.807, 2.05) is 37.8 Å². The lowest BCUT2D eigenvalue weighted by Crippen LogP contribution is -2.60. The summed E-state index contributed by atoms with van der Waals surface area (Å²) in [5.74, 6) is 0.749. The predicted octanol–water partition coefficient (Wildman–Crippen LogP) is 4.03. The highest BCUT2D eigenvalue weighted by molar-refractivity contribution is 8.14. The summed E-state index contributed by atoms with van der Waals surface area (Å²) in [4.78, 5) is 43.3. The van der Waals surface area contributed by atoms with Gasteiger partial charge in [-0.15, -0.1) is 0 Å². The van der Waals surface area contributed by atoms with E-state index in [0.29, 0.717) is 35.1 Å². The van der Waals surface area contributed by atoms with Crippen LogP contribution in [0.5, 0.6) is 0 Å². The van der Waals surface area contributed by atoms with Crippen molar-refractivity contribution in [3.8, 4) is 0 Å². The molecule has 0 bridgehead atoms. The molecule has 2 rings (SSSR count). The van der Waals surface area contributed by atoms with Crippen LogP contribution in [0.1, 0.15) is 27.7 Å². The second-order valence-electron chi connectivity index (χ2n) is 7.25. The fourth-order valence-corrected chi connectivity index (χ4v) is 5.04. The first-order chi connectivity index (χ1) is 15.7. The Morgan fingerprint density at radius 3 is 1.58 bits per heavy atom. The maximum atomic E-state index is 13.5. The Labute approximate surface area is 204 Å². The molecule has 2 aromatic rings. The van der Waals surface area contributed by atoms with Crippen LogP contribution in [0.4, 0.5) is 22.7 Å². The summed E-state index contributed by atoms with van der Waals surface area (Å²) in [5, 5.41) is -0.415.